The predicted octanol–water partition coefficient (Wildman–Crippen LogP) is 3.29. The topological polar surface area (TPSA) is 274 Å². The van der Waals surface area contributed by atoms with Crippen LogP contribution in [0.4, 0.5) is 11.4 Å². The minimum Gasteiger partial charge on any atom is -0.353 e. The molecule has 0 saturated heterocycles. The number of anilines is 2. The molecule has 6 aromatic rings. The molecule has 3 aromatic carbocycles. The van der Waals surface area contributed by atoms with Crippen LogP contribution in [0, 0.1) is 11.8 Å². The number of aromatic amines is 3. The second-order valence-electron chi connectivity index (χ2n) is 15.0. The lowest BCUT2D eigenvalue weighted by atomic mass is 10.1. The van der Waals surface area contributed by atoms with E-state index in [1.54, 1.807) is 72.8 Å². The van der Waals surface area contributed by atoms with Crippen LogP contribution in [0.1, 0.15) is 69.5 Å². The van der Waals surface area contributed by atoms with Crippen LogP contribution in [0.15, 0.2) is 72.8 Å². The number of benzene rings is 3. The Kier molecular flexibility index (Phi) is 12.8. The number of amides is 6. The highest BCUT2D eigenvalue weighted by Crippen LogP contribution is 2.24. The number of rotatable bonds is 16. The van der Waals surface area contributed by atoms with Crippen molar-refractivity contribution in [3.05, 3.63) is 95.4 Å². The summed E-state index contributed by atoms with van der Waals surface area (Å²) in [6.07, 6.45) is 0. The van der Waals surface area contributed by atoms with Crippen molar-refractivity contribution < 1.29 is 28.8 Å². The number of nitrogens with two attached hydrogens (primary N) is 2. The van der Waals surface area contributed by atoms with Crippen molar-refractivity contribution in [1.29, 1.82) is 0 Å². The molecule has 59 heavy (non-hydrogen) atoms. The Morgan fingerprint density at radius 2 is 0.898 bits per heavy atom. The van der Waals surface area contributed by atoms with Gasteiger partial charge >= 0.3 is 0 Å². The van der Waals surface area contributed by atoms with Crippen molar-refractivity contribution in [3.8, 4) is 0 Å². The summed E-state index contributed by atoms with van der Waals surface area (Å²) in [5.41, 5.74) is 15.9. The lowest BCUT2D eigenvalue weighted by Crippen LogP contribution is -2.46. The molecule has 13 N–H and O–H groups in total. The molecule has 17 nitrogen and oxygen atoms in total. The van der Waals surface area contributed by atoms with Crippen molar-refractivity contribution in [3.63, 3.8) is 0 Å². The van der Waals surface area contributed by atoms with Gasteiger partial charge in [-0.2, -0.15) is 0 Å². The van der Waals surface area contributed by atoms with E-state index in [1.807, 2.05) is 27.7 Å². The second kappa shape index (κ2) is 18.1. The van der Waals surface area contributed by atoms with Gasteiger partial charge in [-0.05, 0) is 72.5 Å². The highest BCUT2D eigenvalue weighted by atomic mass is 16.2. The van der Waals surface area contributed by atoms with Crippen LogP contribution in [0.2, 0.25) is 0 Å². The van der Waals surface area contributed by atoms with Crippen LogP contribution in [0.5, 0.6) is 0 Å². The maximum atomic E-state index is 13.3. The van der Waals surface area contributed by atoms with Crippen LogP contribution in [0.3, 0.4) is 0 Å². The van der Waals surface area contributed by atoms with Crippen molar-refractivity contribution in [2.24, 2.45) is 23.3 Å². The van der Waals surface area contributed by atoms with Crippen molar-refractivity contribution in [2.45, 2.75) is 39.8 Å². The number of nitrogens with one attached hydrogen (secondary N) is 9. The highest BCUT2D eigenvalue weighted by Gasteiger charge is 2.19. The highest BCUT2D eigenvalue weighted by molar-refractivity contribution is 6.10. The summed E-state index contributed by atoms with van der Waals surface area (Å²) in [6, 6.07) is 19.3. The van der Waals surface area contributed by atoms with Gasteiger partial charge in [0.25, 0.3) is 23.6 Å². The summed E-state index contributed by atoms with van der Waals surface area (Å²) < 4.78 is 0. The fourth-order valence-electron chi connectivity index (χ4n) is 6.21. The number of hydrogen-bond donors (Lipinski definition) is 11. The fraction of sp³-hybridized carbons (Fsp3) is 0.286. The average molecular weight is 804 g/mol. The molecular weight excluding hydrogens is 755 g/mol. The van der Waals surface area contributed by atoms with E-state index in [4.69, 9.17) is 11.5 Å². The molecule has 2 atom stereocenters. The lowest BCUT2D eigenvalue weighted by Gasteiger charge is -2.15. The summed E-state index contributed by atoms with van der Waals surface area (Å²) >= 11 is 0. The maximum absolute atomic E-state index is 13.3. The van der Waals surface area contributed by atoms with E-state index >= 15 is 0 Å². The van der Waals surface area contributed by atoms with E-state index in [1.165, 1.54) is 0 Å². The van der Waals surface area contributed by atoms with Crippen molar-refractivity contribution in [1.82, 2.24) is 36.2 Å². The molecule has 0 aliphatic carbocycles. The minimum atomic E-state index is -0.618. The molecule has 0 bridgehead atoms. The van der Waals surface area contributed by atoms with Crippen LogP contribution in [-0.2, 0) is 9.59 Å². The Labute approximate surface area is 339 Å². The fourth-order valence-corrected chi connectivity index (χ4v) is 6.21. The first-order chi connectivity index (χ1) is 28.2. The average Bonchev–Trinajstić information content (AvgIpc) is 3.96. The molecule has 0 aliphatic rings. The van der Waals surface area contributed by atoms with E-state index in [2.05, 4.69) is 46.9 Å². The van der Waals surface area contributed by atoms with Crippen LogP contribution >= 0.6 is 0 Å². The molecular formula is C42H49N11O6. The summed E-state index contributed by atoms with van der Waals surface area (Å²) in [5, 5.41) is 18.9. The first kappa shape index (κ1) is 41.6. The van der Waals surface area contributed by atoms with Crippen molar-refractivity contribution >= 4 is 79.5 Å². The van der Waals surface area contributed by atoms with Gasteiger partial charge in [0.15, 0.2) is 0 Å². The molecule has 0 radical (unpaired) electrons. The Bertz CT molecular complexity index is 2410. The third kappa shape index (κ3) is 10.1. The van der Waals surface area contributed by atoms with E-state index in [0.29, 0.717) is 50.3 Å². The van der Waals surface area contributed by atoms with Gasteiger partial charge in [0.05, 0.1) is 12.1 Å². The molecule has 6 amide bonds. The van der Waals surface area contributed by atoms with Crippen molar-refractivity contribution in [2.75, 3.05) is 36.8 Å². The van der Waals surface area contributed by atoms with Crippen LogP contribution in [0.25, 0.3) is 32.7 Å². The third-order valence-corrected chi connectivity index (χ3v) is 9.84. The van der Waals surface area contributed by atoms with Gasteiger partial charge in [-0.1, -0.05) is 39.8 Å². The quantitative estimate of drug-likeness (QED) is 0.0645. The number of aromatic nitrogens is 3. The van der Waals surface area contributed by atoms with Gasteiger partial charge in [0.1, 0.15) is 17.1 Å². The predicted molar refractivity (Wildman–Crippen MR) is 227 cm³/mol. The molecule has 3 heterocycles. The normalized spacial score (nSPS) is 12.4. The van der Waals surface area contributed by atoms with E-state index in [9.17, 15) is 28.8 Å². The minimum absolute atomic E-state index is 0.000388. The van der Waals surface area contributed by atoms with E-state index in [0.717, 1.165) is 10.8 Å². The Hall–Kier alpha value is -6.98. The smallest absolute Gasteiger partial charge is 0.272 e. The first-order valence-corrected chi connectivity index (χ1v) is 19.3. The van der Waals surface area contributed by atoms with Gasteiger partial charge in [0.2, 0.25) is 11.8 Å². The number of hydrogen-bond acceptors (Lipinski definition) is 8. The Balaban J connectivity index is 1.02. The Morgan fingerprint density at radius 3 is 1.39 bits per heavy atom. The molecule has 0 saturated carbocycles. The summed E-state index contributed by atoms with van der Waals surface area (Å²) in [6.45, 7) is 8.35. The number of H-pyrrole nitrogens is 3. The third-order valence-electron chi connectivity index (χ3n) is 9.84. The second-order valence-corrected chi connectivity index (χ2v) is 15.0. The zero-order chi connectivity index (χ0) is 42.4. The molecule has 17 heteroatoms. The molecule has 0 unspecified atom stereocenters. The van der Waals surface area contributed by atoms with Crippen LogP contribution < -0.4 is 43.4 Å². The summed E-state index contributed by atoms with van der Waals surface area (Å²) in [4.78, 5) is 85.3. The zero-order valence-corrected chi connectivity index (χ0v) is 33.2. The Morgan fingerprint density at radius 1 is 0.475 bits per heavy atom. The molecule has 308 valence electrons. The largest absolute Gasteiger partial charge is 0.353 e. The monoisotopic (exact) mass is 803 g/mol. The maximum Gasteiger partial charge on any atom is 0.272 e. The zero-order valence-electron chi connectivity index (χ0n) is 33.2. The summed E-state index contributed by atoms with van der Waals surface area (Å²) in [5.74, 6) is -2.01. The standard InChI is InChI=1S/C42H49N11O6/c1-21(2)35(43)41(58)47-13-11-45-38(55)32-16-23-5-8-27(19-30(23)52-32)49-37(54)25-7-10-29-26(15-25)18-34(51-29)40(57)50-28-9-6-24-17-33(53-31(24)20-28)39(56)46-12-14-48-42(59)36(44)22(3)4/h5-10,15-22,35-36,51-53H,11-14,43-44H2,1-4H3,(H,45,55)(H,46,56)(H,47,58)(H,48,59)(H,49,54)(H,50,57)/t35-,36-/m0/s1. The van der Waals surface area contributed by atoms with Gasteiger partial charge in [-0.15, -0.1) is 0 Å². The molecule has 0 fully saturated rings. The van der Waals surface area contributed by atoms with E-state index in [-0.39, 0.29) is 73.2 Å². The summed E-state index contributed by atoms with van der Waals surface area (Å²) in [7, 11) is 0. The SMILES string of the molecule is CC(C)[C@H](N)C(=O)NCCNC(=O)c1cc2ccc(NC(=O)c3ccc4[nH]c(C(=O)Nc5ccc6cc(C(=O)NCCNC(=O)[C@@H](N)C(C)C)[nH]c6c5)cc4c3)cc2[nH]1. The van der Waals surface area contributed by atoms with Gasteiger partial charge < -0.3 is 58.3 Å². The molecule has 0 aliphatic heterocycles. The van der Waals surface area contributed by atoms with E-state index < -0.39 is 18.0 Å². The number of carbonyl (C=O) groups is 6. The molecule has 6 rings (SSSR count). The van der Waals surface area contributed by atoms with Gasteiger partial charge in [-0.25, -0.2) is 0 Å². The molecule has 3 aromatic heterocycles. The number of carbonyl (C=O) groups excluding carboxylic acids is 6. The number of fused-ring (bicyclic) bond motifs is 3. The van der Waals surface area contributed by atoms with Crippen LogP contribution in [-0.4, -0.2) is 88.7 Å². The molecule has 0 spiro atoms. The van der Waals surface area contributed by atoms with Gasteiger partial charge in [-0.3, -0.25) is 28.8 Å². The first-order valence-electron chi connectivity index (χ1n) is 19.3. The van der Waals surface area contributed by atoms with Gasteiger partial charge in [0, 0.05) is 75.8 Å². The lowest BCUT2D eigenvalue weighted by molar-refractivity contribution is -0.124.